The quantitative estimate of drug-likeness (QED) is 0.620. The first-order valence-corrected chi connectivity index (χ1v) is 5.87. The zero-order valence-electron chi connectivity index (χ0n) is 9.24. The van der Waals surface area contributed by atoms with Crippen molar-refractivity contribution in [1.82, 2.24) is 5.32 Å². The van der Waals surface area contributed by atoms with Gasteiger partial charge in [-0.3, -0.25) is 4.79 Å². The molecule has 1 amide bonds. The molecule has 0 spiro atoms. The number of hydrogen-bond donors (Lipinski definition) is 3. The Kier molecular flexibility index (Phi) is 5.65. The summed E-state index contributed by atoms with van der Waals surface area (Å²) >= 11 is 0. The Labute approximate surface area is 91.2 Å². The molecule has 0 aliphatic heterocycles. The van der Waals surface area contributed by atoms with Crippen LogP contribution in [0.4, 0.5) is 0 Å². The molecule has 1 aliphatic carbocycles. The van der Waals surface area contributed by atoms with Crippen LogP contribution < -0.4 is 11.1 Å². The van der Waals surface area contributed by atoms with Crippen molar-refractivity contribution in [2.75, 3.05) is 13.1 Å². The molecular weight excluding hydrogens is 192 g/mol. The van der Waals surface area contributed by atoms with Gasteiger partial charge in [0.2, 0.25) is 5.91 Å². The number of aliphatic hydroxyl groups is 1. The molecule has 1 fully saturated rings. The maximum absolute atomic E-state index is 11.3. The summed E-state index contributed by atoms with van der Waals surface area (Å²) in [5, 5.41) is 12.2. The van der Waals surface area contributed by atoms with Crippen molar-refractivity contribution < 1.29 is 9.90 Å². The van der Waals surface area contributed by atoms with E-state index in [1.165, 1.54) is 0 Å². The zero-order valence-corrected chi connectivity index (χ0v) is 9.24. The van der Waals surface area contributed by atoms with E-state index in [0.29, 0.717) is 18.9 Å². The predicted octanol–water partition coefficient (Wildman–Crippen LogP) is 0.393. The number of carbonyl (C=O) groups excluding carboxylic acids is 1. The van der Waals surface area contributed by atoms with Crippen molar-refractivity contribution in [2.45, 2.75) is 44.6 Å². The lowest BCUT2D eigenvalue weighted by atomic mass is 9.87. The molecule has 0 unspecified atom stereocenters. The largest absolute Gasteiger partial charge is 0.393 e. The summed E-state index contributed by atoms with van der Waals surface area (Å²) in [6.07, 6.45) is 4.99. The van der Waals surface area contributed by atoms with Crippen molar-refractivity contribution in [3.63, 3.8) is 0 Å². The summed E-state index contributed by atoms with van der Waals surface area (Å²) in [4.78, 5) is 11.3. The fourth-order valence-corrected chi connectivity index (χ4v) is 1.96. The molecule has 0 bridgehead atoms. The Morgan fingerprint density at radius 1 is 1.33 bits per heavy atom. The first-order valence-electron chi connectivity index (χ1n) is 5.87. The highest BCUT2D eigenvalue weighted by atomic mass is 16.3. The van der Waals surface area contributed by atoms with Crippen LogP contribution in [0.1, 0.15) is 38.5 Å². The third-order valence-electron chi connectivity index (χ3n) is 3.01. The maximum atomic E-state index is 11.3. The highest BCUT2D eigenvalue weighted by Crippen LogP contribution is 2.23. The summed E-state index contributed by atoms with van der Waals surface area (Å²) in [7, 11) is 0. The lowest BCUT2D eigenvalue weighted by molar-refractivity contribution is -0.121. The lowest BCUT2D eigenvalue weighted by Gasteiger charge is -2.25. The molecule has 0 atom stereocenters. The van der Waals surface area contributed by atoms with E-state index in [4.69, 9.17) is 5.73 Å². The van der Waals surface area contributed by atoms with Crippen LogP contribution in [-0.2, 0) is 4.79 Å². The van der Waals surface area contributed by atoms with Gasteiger partial charge in [0.05, 0.1) is 6.10 Å². The molecule has 4 nitrogen and oxygen atoms in total. The van der Waals surface area contributed by atoms with Crippen LogP contribution in [-0.4, -0.2) is 30.2 Å². The van der Waals surface area contributed by atoms with Gasteiger partial charge in [0.1, 0.15) is 0 Å². The van der Waals surface area contributed by atoms with E-state index in [2.05, 4.69) is 5.32 Å². The van der Waals surface area contributed by atoms with E-state index in [9.17, 15) is 9.90 Å². The molecule has 1 aliphatic rings. The summed E-state index contributed by atoms with van der Waals surface area (Å²) < 4.78 is 0. The van der Waals surface area contributed by atoms with E-state index >= 15 is 0 Å². The van der Waals surface area contributed by atoms with Crippen molar-refractivity contribution >= 4 is 5.91 Å². The number of aliphatic hydroxyl groups excluding tert-OH is 1. The van der Waals surface area contributed by atoms with Gasteiger partial charge in [0, 0.05) is 13.0 Å². The van der Waals surface area contributed by atoms with E-state index in [1.54, 1.807) is 0 Å². The Morgan fingerprint density at radius 3 is 2.60 bits per heavy atom. The SMILES string of the molecule is NCCCC(=O)NCC1CCC(O)CC1. The van der Waals surface area contributed by atoms with Crippen LogP contribution in [0.5, 0.6) is 0 Å². The molecular formula is C11H22N2O2. The van der Waals surface area contributed by atoms with Gasteiger partial charge >= 0.3 is 0 Å². The predicted molar refractivity (Wildman–Crippen MR) is 59.3 cm³/mol. The second kappa shape index (κ2) is 6.80. The number of amides is 1. The Hall–Kier alpha value is -0.610. The number of nitrogens with two attached hydrogens (primary N) is 1. The van der Waals surface area contributed by atoms with Crippen molar-refractivity contribution in [1.29, 1.82) is 0 Å². The fraction of sp³-hybridized carbons (Fsp3) is 0.909. The standard InChI is InChI=1S/C11H22N2O2/c12-7-1-2-11(15)13-8-9-3-5-10(14)6-4-9/h9-10,14H,1-8,12H2,(H,13,15). The molecule has 15 heavy (non-hydrogen) atoms. The summed E-state index contributed by atoms with van der Waals surface area (Å²) in [5.41, 5.74) is 5.32. The second-order valence-electron chi connectivity index (χ2n) is 4.37. The minimum Gasteiger partial charge on any atom is -0.393 e. The highest BCUT2D eigenvalue weighted by molar-refractivity contribution is 5.75. The van der Waals surface area contributed by atoms with Gasteiger partial charge in [-0.15, -0.1) is 0 Å². The second-order valence-corrected chi connectivity index (χ2v) is 4.37. The van der Waals surface area contributed by atoms with Crippen LogP contribution in [0.3, 0.4) is 0 Å². The minimum absolute atomic E-state index is 0.103. The average molecular weight is 214 g/mol. The minimum atomic E-state index is -0.116. The third-order valence-corrected chi connectivity index (χ3v) is 3.01. The van der Waals surface area contributed by atoms with Gasteiger partial charge in [-0.1, -0.05) is 0 Å². The van der Waals surface area contributed by atoms with Crippen LogP contribution in [0, 0.1) is 5.92 Å². The maximum Gasteiger partial charge on any atom is 0.220 e. The topological polar surface area (TPSA) is 75.4 Å². The number of nitrogens with one attached hydrogen (secondary N) is 1. The summed E-state index contributed by atoms with van der Waals surface area (Å²) in [5.74, 6) is 0.654. The normalized spacial score (nSPS) is 26.3. The van der Waals surface area contributed by atoms with Gasteiger partial charge in [-0.05, 0) is 44.6 Å². The van der Waals surface area contributed by atoms with Crippen LogP contribution >= 0.6 is 0 Å². The molecule has 0 saturated heterocycles. The first kappa shape index (κ1) is 12.5. The molecule has 0 radical (unpaired) electrons. The summed E-state index contributed by atoms with van der Waals surface area (Å²) in [6, 6.07) is 0. The van der Waals surface area contributed by atoms with E-state index in [1.807, 2.05) is 0 Å². The summed E-state index contributed by atoms with van der Waals surface area (Å²) in [6.45, 7) is 1.33. The smallest absolute Gasteiger partial charge is 0.220 e. The molecule has 0 aromatic carbocycles. The molecule has 4 heteroatoms. The van der Waals surface area contributed by atoms with E-state index in [-0.39, 0.29) is 12.0 Å². The number of hydrogen-bond acceptors (Lipinski definition) is 3. The molecule has 0 aromatic heterocycles. The monoisotopic (exact) mass is 214 g/mol. The van der Waals surface area contributed by atoms with Crippen LogP contribution in [0.25, 0.3) is 0 Å². The van der Waals surface area contributed by atoms with Gasteiger partial charge in [-0.2, -0.15) is 0 Å². The van der Waals surface area contributed by atoms with Crippen molar-refractivity contribution in [3.8, 4) is 0 Å². The van der Waals surface area contributed by atoms with Crippen LogP contribution in [0.2, 0.25) is 0 Å². The molecule has 0 aromatic rings. The van der Waals surface area contributed by atoms with Gasteiger partial charge in [0.15, 0.2) is 0 Å². The third kappa shape index (κ3) is 5.14. The van der Waals surface area contributed by atoms with E-state index in [0.717, 1.165) is 38.6 Å². The lowest BCUT2D eigenvalue weighted by Crippen LogP contribution is -2.32. The first-order chi connectivity index (χ1) is 7.22. The van der Waals surface area contributed by atoms with Gasteiger partial charge < -0.3 is 16.2 Å². The van der Waals surface area contributed by atoms with Crippen molar-refractivity contribution in [2.24, 2.45) is 11.7 Å². The fourth-order valence-electron chi connectivity index (χ4n) is 1.96. The number of carbonyl (C=O) groups is 1. The average Bonchev–Trinajstić information content (AvgIpc) is 2.25. The van der Waals surface area contributed by atoms with Gasteiger partial charge in [-0.25, -0.2) is 0 Å². The molecule has 4 N–H and O–H groups in total. The highest BCUT2D eigenvalue weighted by Gasteiger charge is 2.19. The molecule has 1 saturated carbocycles. The Morgan fingerprint density at radius 2 is 2.00 bits per heavy atom. The number of rotatable bonds is 5. The molecule has 88 valence electrons. The van der Waals surface area contributed by atoms with Crippen molar-refractivity contribution in [3.05, 3.63) is 0 Å². The molecule has 1 rings (SSSR count). The molecule has 0 heterocycles. The van der Waals surface area contributed by atoms with Crippen LogP contribution in [0.15, 0.2) is 0 Å². The zero-order chi connectivity index (χ0) is 11.1. The van der Waals surface area contributed by atoms with E-state index < -0.39 is 0 Å². The Bertz CT molecular complexity index is 189. The Balaban J connectivity index is 2.06. The van der Waals surface area contributed by atoms with Gasteiger partial charge in [0.25, 0.3) is 0 Å².